The van der Waals surface area contributed by atoms with Crippen LogP contribution in [0, 0.1) is 0 Å². The fourth-order valence-corrected chi connectivity index (χ4v) is 3.77. The SMILES string of the molecule is CO[C@H]1CCCN(CC(=O)N(C)CCCN(C)c2ccc(-c3ncccn3)cc2)C1. The summed E-state index contributed by atoms with van der Waals surface area (Å²) in [7, 11) is 5.73. The summed E-state index contributed by atoms with van der Waals surface area (Å²) in [4.78, 5) is 27.4. The second-order valence-electron chi connectivity index (χ2n) is 7.94. The number of benzene rings is 1. The standard InChI is InChI=1S/C23H33N5O2/c1-26(20-10-8-19(9-11-20)23-24-12-5-13-25-23)14-6-15-27(2)22(29)18-28-16-4-7-21(17-28)30-3/h5,8-13,21H,4,6-7,14-18H2,1-3H3/t21-/m0/s1. The van der Waals surface area contributed by atoms with Crippen LogP contribution in [0.5, 0.6) is 0 Å². The van der Waals surface area contributed by atoms with Gasteiger partial charge in [0.05, 0.1) is 12.6 Å². The molecule has 0 unspecified atom stereocenters. The Bertz CT molecular complexity index is 784. The van der Waals surface area contributed by atoms with Gasteiger partial charge in [-0.05, 0) is 56.1 Å². The summed E-state index contributed by atoms with van der Waals surface area (Å²) in [5.41, 5.74) is 2.15. The zero-order valence-corrected chi connectivity index (χ0v) is 18.3. The molecular formula is C23H33N5O2. The average molecular weight is 412 g/mol. The zero-order chi connectivity index (χ0) is 21.3. The average Bonchev–Trinajstić information content (AvgIpc) is 2.79. The molecule has 30 heavy (non-hydrogen) atoms. The fourth-order valence-electron chi connectivity index (χ4n) is 3.77. The first-order chi connectivity index (χ1) is 14.6. The number of anilines is 1. The predicted molar refractivity (Wildman–Crippen MR) is 119 cm³/mol. The molecule has 0 spiro atoms. The van der Waals surface area contributed by atoms with Crippen molar-refractivity contribution in [3.8, 4) is 11.4 Å². The van der Waals surface area contributed by atoms with Crippen molar-refractivity contribution in [1.82, 2.24) is 19.8 Å². The predicted octanol–water partition coefficient (Wildman–Crippen LogP) is 2.54. The maximum absolute atomic E-state index is 12.5. The van der Waals surface area contributed by atoms with E-state index >= 15 is 0 Å². The normalized spacial score (nSPS) is 17.0. The van der Waals surface area contributed by atoms with E-state index in [1.165, 1.54) is 0 Å². The number of likely N-dealkylation sites (tertiary alicyclic amines) is 1. The number of aromatic nitrogens is 2. The summed E-state index contributed by atoms with van der Waals surface area (Å²) >= 11 is 0. The van der Waals surface area contributed by atoms with Crippen LogP contribution in [0.25, 0.3) is 11.4 Å². The molecule has 0 aliphatic carbocycles. The van der Waals surface area contributed by atoms with Crippen molar-refractivity contribution in [2.45, 2.75) is 25.4 Å². The quantitative estimate of drug-likeness (QED) is 0.632. The Morgan fingerprint density at radius 2 is 1.90 bits per heavy atom. The third-order valence-electron chi connectivity index (χ3n) is 5.70. The molecule has 7 heteroatoms. The van der Waals surface area contributed by atoms with Gasteiger partial charge in [0.25, 0.3) is 0 Å². The van der Waals surface area contributed by atoms with E-state index in [0.717, 1.165) is 62.5 Å². The lowest BCUT2D eigenvalue weighted by molar-refractivity contribution is -0.132. The molecule has 0 radical (unpaired) electrons. The van der Waals surface area contributed by atoms with Crippen LogP contribution >= 0.6 is 0 Å². The molecule has 7 nitrogen and oxygen atoms in total. The number of likely N-dealkylation sites (N-methyl/N-ethyl adjacent to an activating group) is 1. The van der Waals surface area contributed by atoms with E-state index in [1.54, 1.807) is 19.5 Å². The summed E-state index contributed by atoms with van der Waals surface area (Å²) in [5.74, 6) is 0.916. The number of nitrogens with zero attached hydrogens (tertiary/aromatic N) is 5. The minimum atomic E-state index is 0.182. The molecule has 3 rings (SSSR count). The Morgan fingerprint density at radius 3 is 2.60 bits per heavy atom. The Hall–Kier alpha value is -2.51. The molecule has 0 N–H and O–H groups in total. The molecule has 1 aromatic heterocycles. The number of hydrogen-bond acceptors (Lipinski definition) is 6. The molecule has 2 aromatic rings. The first-order valence-electron chi connectivity index (χ1n) is 10.6. The van der Waals surface area contributed by atoms with Gasteiger partial charge in [-0.1, -0.05) is 0 Å². The van der Waals surface area contributed by atoms with Crippen molar-refractivity contribution in [1.29, 1.82) is 0 Å². The molecule has 0 bridgehead atoms. The number of amides is 1. The minimum absolute atomic E-state index is 0.182. The minimum Gasteiger partial charge on any atom is -0.380 e. The van der Waals surface area contributed by atoms with Gasteiger partial charge < -0.3 is 14.5 Å². The van der Waals surface area contributed by atoms with Gasteiger partial charge >= 0.3 is 0 Å². The molecule has 1 aliphatic heterocycles. The van der Waals surface area contributed by atoms with Gasteiger partial charge in [0, 0.05) is 64.5 Å². The smallest absolute Gasteiger partial charge is 0.236 e. The Kier molecular flexibility index (Phi) is 8.16. The number of carbonyl (C=O) groups is 1. The zero-order valence-electron chi connectivity index (χ0n) is 18.3. The highest BCUT2D eigenvalue weighted by Crippen LogP contribution is 2.19. The molecule has 1 aliphatic rings. The van der Waals surface area contributed by atoms with E-state index in [9.17, 15) is 4.79 Å². The summed E-state index contributed by atoms with van der Waals surface area (Å²) in [6.07, 6.45) is 6.86. The molecule has 2 heterocycles. The van der Waals surface area contributed by atoms with E-state index in [2.05, 4.69) is 38.9 Å². The van der Waals surface area contributed by atoms with Crippen LogP contribution in [0.4, 0.5) is 5.69 Å². The summed E-state index contributed by atoms with van der Waals surface area (Å²) < 4.78 is 5.45. The maximum Gasteiger partial charge on any atom is 0.236 e. The van der Waals surface area contributed by atoms with Crippen molar-refractivity contribution < 1.29 is 9.53 Å². The van der Waals surface area contributed by atoms with E-state index in [4.69, 9.17) is 4.74 Å². The van der Waals surface area contributed by atoms with Crippen LogP contribution in [0.1, 0.15) is 19.3 Å². The van der Waals surface area contributed by atoms with E-state index in [0.29, 0.717) is 6.54 Å². The van der Waals surface area contributed by atoms with Gasteiger partial charge in [0.2, 0.25) is 5.91 Å². The monoisotopic (exact) mass is 411 g/mol. The highest BCUT2D eigenvalue weighted by Gasteiger charge is 2.22. The second-order valence-corrected chi connectivity index (χ2v) is 7.94. The summed E-state index contributed by atoms with van der Waals surface area (Å²) in [6, 6.07) is 10.1. The highest BCUT2D eigenvalue weighted by atomic mass is 16.5. The first kappa shape index (κ1) is 22.2. The molecule has 1 amide bonds. The number of piperidine rings is 1. The van der Waals surface area contributed by atoms with Crippen molar-refractivity contribution in [3.63, 3.8) is 0 Å². The summed E-state index contributed by atoms with van der Waals surface area (Å²) in [5, 5.41) is 0. The first-order valence-corrected chi connectivity index (χ1v) is 10.6. The topological polar surface area (TPSA) is 61.8 Å². The fraction of sp³-hybridized carbons (Fsp3) is 0.522. The van der Waals surface area contributed by atoms with Crippen LogP contribution in [0.3, 0.4) is 0 Å². The van der Waals surface area contributed by atoms with Gasteiger partial charge in [-0.25, -0.2) is 9.97 Å². The number of methoxy groups -OCH3 is 1. The van der Waals surface area contributed by atoms with Crippen LogP contribution in [0.2, 0.25) is 0 Å². The van der Waals surface area contributed by atoms with Crippen molar-refractivity contribution in [2.24, 2.45) is 0 Å². The molecule has 1 fully saturated rings. The third-order valence-corrected chi connectivity index (χ3v) is 5.70. The molecule has 1 saturated heterocycles. The number of ether oxygens (including phenoxy) is 1. The third kappa shape index (κ3) is 6.24. The van der Waals surface area contributed by atoms with Gasteiger partial charge in [-0.2, -0.15) is 0 Å². The lowest BCUT2D eigenvalue weighted by Crippen LogP contribution is -2.45. The van der Waals surface area contributed by atoms with Crippen LogP contribution in [0.15, 0.2) is 42.7 Å². The summed E-state index contributed by atoms with van der Waals surface area (Å²) in [6.45, 7) is 3.94. The van der Waals surface area contributed by atoms with Gasteiger partial charge in [-0.3, -0.25) is 9.69 Å². The van der Waals surface area contributed by atoms with Crippen molar-refractivity contribution >= 4 is 11.6 Å². The highest BCUT2D eigenvalue weighted by molar-refractivity contribution is 5.78. The Balaban J connectivity index is 1.41. The Morgan fingerprint density at radius 1 is 1.17 bits per heavy atom. The molecule has 1 aromatic carbocycles. The van der Waals surface area contributed by atoms with Gasteiger partial charge in [0.1, 0.15) is 0 Å². The number of hydrogen-bond donors (Lipinski definition) is 0. The lowest BCUT2D eigenvalue weighted by Gasteiger charge is -2.32. The van der Waals surface area contributed by atoms with E-state index < -0.39 is 0 Å². The van der Waals surface area contributed by atoms with Crippen molar-refractivity contribution in [2.75, 3.05) is 58.8 Å². The van der Waals surface area contributed by atoms with Crippen LogP contribution < -0.4 is 4.90 Å². The van der Waals surface area contributed by atoms with E-state index in [-0.39, 0.29) is 12.0 Å². The molecule has 0 saturated carbocycles. The maximum atomic E-state index is 12.5. The Labute approximate surface area is 179 Å². The number of rotatable bonds is 9. The van der Waals surface area contributed by atoms with Crippen LogP contribution in [-0.2, 0) is 9.53 Å². The van der Waals surface area contributed by atoms with Crippen LogP contribution in [-0.4, -0.2) is 85.7 Å². The molecule has 1 atom stereocenters. The van der Waals surface area contributed by atoms with Gasteiger partial charge in [-0.15, -0.1) is 0 Å². The molecular weight excluding hydrogens is 378 g/mol. The van der Waals surface area contributed by atoms with E-state index in [1.807, 2.05) is 30.1 Å². The lowest BCUT2D eigenvalue weighted by atomic mass is 10.1. The van der Waals surface area contributed by atoms with Gasteiger partial charge in [0.15, 0.2) is 5.82 Å². The second kappa shape index (κ2) is 11.0. The van der Waals surface area contributed by atoms with Crippen molar-refractivity contribution in [3.05, 3.63) is 42.7 Å². The molecule has 162 valence electrons. The largest absolute Gasteiger partial charge is 0.380 e. The number of carbonyl (C=O) groups excluding carboxylic acids is 1.